The van der Waals surface area contributed by atoms with E-state index in [0.717, 1.165) is 5.69 Å². The number of esters is 1. The predicted octanol–water partition coefficient (Wildman–Crippen LogP) is 3.25. The molecule has 0 fully saturated rings. The third kappa shape index (κ3) is 2.66. The van der Waals surface area contributed by atoms with Gasteiger partial charge in [-0.2, -0.15) is 5.10 Å². The van der Waals surface area contributed by atoms with E-state index in [0.29, 0.717) is 15.9 Å². The standard InChI is InChI=1S/C12H10Cl2N2O2/c1-7-5-11(16(2)15-7)18-12(17)9-6-8(13)3-4-10(9)14/h3-6H,1-2H3. The van der Waals surface area contributed by atoms with E-state index in [-0.39, 0.29) is 5.56 Å². The van der Waals surface area contributed by atoms with Gasteiger partial charge < -0.3 is 4.74 Å². The molecule has 0 radical (unpaired) electrons. The zero-order valence-electron chi connectivity index (χ0n) is 9.78. The summed E-state index contributed by atoms with van der Waals surface area (Å²) in [5.74, 6) is -0.209. The molecule has 1 heterocycles. The molecule has 0 amide bonds. The number of halogens is 2. The molecule has 6 heteroatoms. The fourth-order valence-corrected chi connectivity index (χ4v) is 1.85. The van der Waals surface area contributed by atoms with Crippen molar-refractivity contribution in [2.45, 2.75) is 6.92 Å². The SMILES string of the molecule is Cc1cc(OC(=O)c2cc(Cl)ccc2Cl)n(C)n1. The summed E-state index contributed by atoms with van der Waals surface area (Å²) >= 11 is 11.7. The lowest BCUT2D eigenvalue weighted by Gasteiger charge is -2.05. The van der Waals surface area contributed by atoms with E-state index in [1.165, 1.54) is 10.7 Å². The molecule has 0 aliphatic heterocycles. The number of carbonyl (C=O) groups is 1. The minimum atomic E-state index is -0.564. The zero-order valence-corrected chi connectivity index (χ0v) is 11.3. The fraction of sp³-hybridized carbons (Fsp3) is 0.167. The van der Waals surface area contributed by atoms with Gasteiger partial charge in [-0.25, -0.2) is 9.48 Å². The molecule has 4 nitrogen and oxygen atoms in total. The van der Waals surface area contributed by atoms with E-state index < -0.39 is 5.97 Å². The third-order valence-electron chi connectivity index (χ3n) is 2.30. The number of hydrogen-bond donors (Lipinski definition) is 0. The third-order valence-corrected chi connectivity index (χ3v) is 2.87. The molecule has 0 spiro atoms. The molecule has 0 saturated heterocycles. The van der Waals surface area contributed by atoms with Crippen molar-refractivity contribution in [1.29, 1.82) is 0 Å². The van der Waals surface area contributed by atoms with Crippen LogP contribution in [0, 0.1) is 6.92 Å². The molecule has 1 aromatic carbocycles. The van der Waals surface area contributed by atoms with Crippen molar-refractivity contribution in [2.75, 3.05) is 0 Å². The lowest BCUT2D eigenvalue weighted by Crippen LogP contribution is -2.11. The molecule has 2 aromatic rings. The molecule has 0 aliphatic carbocycles. The Morgan fingerprint density at radius 2 is 2.06 bits per heavy atom. The van der Waals surface area contributed by atoms with Crippen LogP contribution < -0.4 is 4.74 Å². The second kappa shape index (κ2) is 5.00. The van der Waals surface area contributed by atoms with Crippen LogP contribution >= 0.6 is 23.2 Å². The minimum Gasteiger partial charge on any atom is -0.404 e. The summed E-state index contributed by atoms with van der Waals surface area (Å²) in [6.07, 6.45) is 0. The quantitative estimate of drug-likeness (QED) is 0.795. The Hall–Kier alpha value is -1.52. The number of carbonyl (C=O) groups excluding carboxylic acids is 1. The first-order valence-electron chi connectivity index (χ1n) is 5.15. The number of nitrogens with zero attached hydrogens (tertiary/aromatic N) is 2. The van der Waals surface area contributed by atoms with Gasteiger partial charge in [0.05, 0.1) is 16.3 Å². The van der Waals surface area contributed by atoms with Crippen molar-refractivity contribution < 1.29 is 9.53 Å². The molecule has 0 atom stereocenters. The first-order chi connectivity index (χ1) is 8.47. The summed E-state index contributed by atoms with van der Waals surface area (Å²) in [5.41, 5.74) is 0.987. The van der Waals surface area contributed by atoms with Crippen LogP contribution in [0.4, 0.5) is 0 Å². The highest BCUT2D eigenvalue weighted by atomic mass is 35.5. The van der Waals surface area contributed by atoms with Gasteiger partial charge in [-0.3, -0.25) is 0 Å². The van der Waals surface area contributed by atoms with Crippen molar-refractivity contribution >= 4 is 29.2 Å². The number of rotatable bonds is 2. The van der Waals surface area contributed by atoms with Gasteiger partial charge in [-0.05, 0) is 25.1 Å². The topological polar surface area (TPSA) is 44.1 Å². The molecule has 18 heavy (non-hydrogen) atoms. The van der Waals surface area contributed by atoms with E-state index in [2.05, 4.69) is 5.10 Å². The molecule has 2 rings (SSSR count). The van der Waals surface area contributed by atoms with Crippen LogP contribution in [0.25, 0.3) is 0 Å². The highest BCUT2D eigenvalue weighted by Gasteiger charge is 2.15. The molecular weight excluding hydrogens is 275 g/mol. The van der Waals surface area contributed by atoms with Gasteiger partial charge in [-0.1, -0.05) is 23.2 Å². The molecule has 0 saturated carbocycles. The van der Waals surface area contributed by atoms with Crippen molar-refractivity contribution in [1.82, 2.24) is 9.78 Å². The van der Waals surface area contributed by atoms with Crippen molar-refractivity contribution in [3.8, 4) is 5.88 Å². The molecule has 1 aromatic heterocycles. The maximum atomic E-state index is 11.9. The summed E-state index contributed by atoms with van der Waals surface area (Å²) in [6, 6.07) is 6.29. The number of aryl methyl sites for hydroxylation is 2. The van der Waals surface area contributed by atoms with Gasteiger partial charge in [0.25, 0.3) is 0 Å². The second-order valence-corrected chi connectivity index (χ2v) is 4.60. The van der Waals surface area contributed by atoms with Crippen LogP contribution in [0.2, 0.25) is 10.0 Å². The Balaban J connectivity index is 2.27. The van der Waals surface area contributed by atoms with Crippen LogP contribution in [0.15, 0.2) is 24.3 Å². The Bertz CT molecular complexity index is 608. The lowest BCUT2D eigenvalue weighted by atomic mass is 10.2. The van der Waals surface area contributed by atoms with Gasteiger partial charge in [0, 0.05) is 18.1 Å². The molecule has 0 unspecified atom stereocenters. The predicted molar refractivity (Wildman–Crippen MR) is 69.4 cm³/mol. The Kier molecular flexibility index (Phi) is 3.59. The highest BCUT2D eigenvalue weighted by molar-refractivity contribution is 6.35. The normalized spacial score (nSPS) is 10.4. The molecule has 0 N–H and O–H groups in total. The second-order valence-electron chi connectivity index (χ2n) is 3.76. The van der Waals surface area contributed by atoms with Crippen LogP contribution in [0.5, 0.6) is 5.88 Å². The van der Waals surface area contributed by atoms with Crippen molar-refractivity contribution in [3.05, 3.63) is 45.6 Å². The van der Waals surface area contributed by atoms with E-state index >= 15 is 0 Å². The maximum absolute atomic E-state index is 11.9. The van der Waals surface area contributed by atoms with E-state index in [1.807, 2.05) is 6.92 Å². The first kappa shape index (κ1) is 12.9. The van der Waals surface area contributed by atoms with Gasteiger partial charge in [0.1, 0.15) is 0 Å². The average Bonchev–Trinajstić information content (AvgIpc) is 2.61. The average molecular weight is 285 g/mol. The lowest BCUT2D eigenvalue weighted by molar-refractivity contribution is 0.0720. The molecule has 94 valence electrons. The monoisotopic (exact) mass is 284 g/mol. The Morgan fingerprint density at radius 1 is 1.33 bits per heavy atom. The van der Waals surface area contributed by atoms with Crippen LogP contribution in [-0.4, -0.2) is 15.7 Å². The van der Waals surface area contributed by atoms with Gasteiger partial charge in [0.15, 0.2) is 0 Å². The van der Waals surface area contributed by atoms with E-state index in [4.69, 9.17) is 27.9 Å². The number of hydrogen-bond acceptors (Lipinski definition) is 3. The van der Waals surface area contributed by atoms with E-state index in [9.17, 15) is 4.79 Å². The summed E-state index contributed by atoms with van der Waals surface area (Å²) in [6.45, 7) is 1.81. The molecule has 0 bridgehead atoms. The fourth-order valence-electron chi connectivity index (χ4n) is 1.49. The Morgan fingerprint density at radius 3 is 2.67 bits per heavy atom. The summed E-state index contributed by atoms with van der Waals surface area (Å²) in [7, 11) is 1.69. The smallest absolute Gasteiger partial charge is 0.346 e. The summed E-state index contributed by atoms with van der Waals surface area (Å²) < 4.78 is 6.68. The number of benzene rings is 1. The van der Waals surface area contributed by atoms with Gasteiger partial charge in [0.2, 0.25) is 5.88 Å². The first-order valence-corrected chi connectivity index (χ1v) is 5.91. The van der Waals surface area contributed by atoms with E-state index in [1.54, 1.807) is 25.2 Å². The highest BCUT2D eigenvalue weighted by Crippen LogP contribution is 2.22. The van der Waals surface area contributed by atoms with Gasteiger partial charge >= 0.3 is 5.97 Å². The van der Waals surface area contributed by atoms with Crippen LogP contribution in [0.1, 0.15) is 16.1 Å². The zero-order chi connectivity index (χ0) is 13.3. The largest absolute Gasteiger partial charge is 0.404 e. The van der Waals surface area contributed by atoms with Crippen LogP contribution in [-0.2, 0) is 7.05 Å². The molecular formula is C12H10Cl2N2O2. The van der Waals surface area contributed by atoms with Gasteiger partial charge in [-0.15, -0.1) is 0 Å². The maximum Gasteiger partial charge on any atom is 0.346 e. The Labute approximate surface area is 114 Å². The summed E-state index contributed by atoms with van der Waals surface area (Å²) in [5, 5.41) is 4.80. The number of aromatic nitrogens is 2. The number of ether oxygens (including phenoxy) is 1. The summed E-state index contributed by atoms with van der Waals surface area (Å²) in [4.78, 5) is 11.9. The minimum absolute atomic E-state index is 0.225. The van der Waals surface area contributed by atoms with Crippen molar-refractivity contribution in [3.63, 3.8) is 0 Å². The van der Waals surface area contributed by atoms with Crippen LogP contribution in [0.3, 0.4) is 0 Å². The van der Waals surface area contributed by atoms with Crippen molar-refractivity contribution in [2.24, 2.45) is 7.05 Å². The molecule has 0 aliphatic rings.